The van der Waals surface area contributed by atoms with E-state index in [0.717, 1.165) is 24.0 Å². The van der Waals surface area contributed by atoms with Gasteiger partial charge in [-0.1, -0.05) is 36.4 Å². The van der Waals surface area contributed by atoms with E-state index in [2.05, 4.69) is 20.6 Å². The Bertz CT molecular complexity index is 500. The molecule has 3 heterocycles. The van der Waals surface area contributed by atoms with Gasteiger partial charge < -0.3 is 10.2 Å². The van der Waals surface area contributed by atoms with Gasteiger partial charge in [-0.25, -0.2) is 0 Å². The summed E-state index contributed by atoms with van der Waals surface area (Å²) in [4.78, 5) is 12.0. The van der Waals surface area contributed by atoms with Crippen LogP contribution in [0.4, 0.5) is 0 Å². The van der Waals surface area contributed by atoms with E-state index in [9.17, 15) is 0 Å². The quantitative estimate of drug-likeness (QED) is 0.848. The highest BCUT2D eigenvalue weighted by atomic mass is 32.2. The topological polar surface area (TPSA) is 40.0 Å². The fourth-order valence-corrected chi connectivity index (χ4v) is 5.43. The molecular formula is C15H22N4S2. The predicted molar refractivity (Wildman–Crippen MR) is 93.0 cm³/mol. The van der Waals surface area contributed by atoms with Gasteiger partial charge >= 0.3 is 0 Å². The molecule has 0 amide bonds. The van der Waals surface area contributed by atoms with Gasteiger partial charge in [-0.2, -0.15) is 0 Å². The average molecular weight is 323 g/mol. The second-order valence-corrected chi connectivity index (χ2v) is 7.88. The van der Waals surface area contributed by atoms with Crippen LogP contribution in [0.5, 0.6) is 0 Å². The third-order valence-corrected chi connectivity index (χ3v) is 6.48. The van der Waals surface area contributed by atoms with E-state index in [1.165, 1.54) is 49.4 Å². The normalized spacial score (nSPS) is 31.6. The molecular weight excluding hydrogens is 300 g/mol. The summed E-state index contributed by atoms with van der Waals surface area (Å²) in [5, 5.41) is 8.28. The number of nitrogens with zero attached hydrogens (tertiary/aromatic N) is 3. The number of amidine groups is 2. The monoisotopic (exact) mass is 322 g/mol. The largest absolute Gasteiger partial charge is 0.360 e. The third kappa shape index (κ3) is 2.97. The Morgan fingerprint density at radius 1 is 1.29 bits per heavy atom. The maximum Gasteiger partial charge on any atom is 0.167 e. The van der Waals surface area contributed by atoms with Crippen molar-refractivity contribution < 1.29 is 0 Å². The number of hydrogen-bond donors (Lipinski definition) is 1. The van der Waals surface area contributed by atoms with Crippen LogP contribution in [-0.2, 0) is 0 Å². The fraction of sp³-hybridized carbons (Fsp3) is 0.733. The van der Waals surface area contributed by atoms with Crippen LogP contribution in [0.3, 0.4) is 0 Å². The number of rotatable bonds is 2. The summed E-state index contributed by atoms with van der Waals surface area (Å²) < 4.78 is 0. The van der Waals surface area contributed by atoms with Gasteiger partial charge in [0.1, 0.15) is 0 Å². The summed E-state index contributed by atoms with van der Waals surface area (Å²) in [6.45, 7) is 2.12. The van der Waals surface area contributed by atoms with Crippen LogP contribution in [0.15, 0.2) is 21.1 Å². The van der Waals surface area contributed by atoms with E-state index in [1.807, 2.05) is 11.8 Å². The van der Waals surface area contributed by atoms with Crippen molar-refractivity contribution in [3.63, 3.8) is 0 Å². The first-order valence-corrected chi connectivity index (χ1v) is 9.91. The minimum absolute atomic E-state index is 0.545. The van der Waals surface area contributed by atoms with Gasteiger partial charge in [0.15, 0.2) is 10.3 Å². The van der Waals surface area contributed by atoms with E-state index in [1.54, 1.807) is 11.8 Å². The van der Waals surface area contributed by atoms with Crippen molar-refractivity contribution in [1.29, 1.82) is 0 Å². The van der Waals surface area contributed by atoms with Crippen molar-refractivity contribution in [3.05, 3.63) is 11.1 Å². The summed E-state index contributed by atoms with van der Waals surface area (Å²) in [6, 6.07) is 1.16. The van der Waals surface area contributed by atoms with E-state index in [4.69, 9.17) is 4.99 Å². The molecule has 2 atom stereocenters. The lowest BCUT2D eigenvalue weighted by Crippen LogP contribution is -2.36. The van der Waals surface area contributed by atoms with Crippen molar-refractivity contribution in [2.24, 2.45) is 9.98 Å². The van der Waals surface area contributed by atoms with Crippen molar-refractivity contribution in [1.82, 2.24) is 10.2 Å². The second-order valence-electron chi connectivity index (χ2n) is 6.08. The molecule has 0 saturated heterocycles. The first-order chi connectivity index (χ1) is 10.4. The highest BCUT2D eigenvalue weighted by molar-refractivity contribution is 8.17. The maximum atomic E-state index is 4.88. The standard InChI is InChI=1S/C15H22N4S2/c1-2-6-13-12(5-1)17-14(18-13)20-9-11-10-21-15-16-7-3-4-8-19(11)15/h10,12-13H,1-9H2,(H,17,18)/t12-,13-/m1/s1. The van der Waals surface area contributed by atoms with Gasteiger partial charge in [0.25, 0.3) is 0 Å². The van der Waals surface area contributed by atoms with E-state index < -0.39 is 0 Å². The van der Waals surface area contributed by atoms with Crippen molar-refractivity contribution in [3.8, 4) is 0 Å². The van der Waals surface area contributed by atoms with Gasteiger partial charge in [-0.15, -0.1) is 0 Å². The van der Waals surface area contributed by atoms with Gasteiger partial charge in [-0.05, 0) is 31.1 Å². The molecule has 0 spiro atoms. The molecule has 1 saturated carbocycles. The van der Waals surface area contributed by atoms with E-state index in [-0.39, 0.29) is 0 Å². The average Bonchev–Trinajstić information content (AvgIpc) is 3.01. The van der Waals surface area contributed by atoms with Crippen LogP contribution >= 0.6 is 23.5 Å². The Morgan fingerprint density at radius 2 is 2.24 bits per heavy atom. The zero-order chi connectivity index (χ0) is 14.1. The smallest absolute Gasteiger partial charge is 0.167 e. The molecule has 0 aromatic carbocycles. The number of nitrogens with one attached hydrogen (secondary N) is 1. The lowest BCUT2D eigenvalue weighted by atomic mass is 9.92. The molecule has 0 bridgehead atoms. The minimum atomic E-state index is 0.545. The van der Waals surface area contributed by atoms with Gasteiger partial charge in [0, 0.05) is 24.5 Å². The molecule has 21 heavy (non-hydrogen) atoms. The Balaban J connectivity index is 1.35. The van der Waals surface area contributed by atoms with Crippen LogP contribution in [0.2, 0.25) is 0 Å². The molecule has 0 unspecified atom stereocenters. The summed E-state index contributed by atoms with van der Waals surface area (Å²) in [6.07, 6.45) is 7.73. The molecule has 0 aromatic rings. The molecule has 0 radical (unpaired) electrons. The van der Waals surface area contributed by atoms with Gasteiger partial charge in [0.2, 0.25) is 0 Å². The molecule has 6 heteroatoms. The summed E-state index contributed by atoms with van der Waals surface area (Å²) in [5.74, 6) is 1.01. The zero-order valence-corrected chi connectivity index (χ0v) is 13.9. The van der Waals surface area contributed by atoms with Gasteiger partial charge in [0.05, 0.1) is 12.1 Å². The van der Waals surface area contributed by atoms with Crippen LogP contribution in [0, 0.1) is 0 Å². The van der Waals surface area contributed by atoms with Crippen molar-refractivity contribution >= 4 is 33.9 Å². The summed E-state index contributed by atoms with van der Waals surface area (Å²) in [5.41, 5.74) is 1.41. The molecule has 3 aliphatic heterocycles. The Kier molecular flexibility index (Phi) is 4.16. The third-order valence-electron chi connectivity index (χ3n) is 4.59. The number of aliphatic imine (C=N–C) groups is 2. The van der Waals surface area contributed by atoms with E-state index in [0.29, 0.717) is 12.1 Å². The molecule has 4 aliphatic rings. The van der Waals surface area contributed by atoms with Gasteiger partial charge in [-0.3, -0.25) is 9.98 Å². The Hall–Kier alpha value is -0.620. The van der Waals surface area contributed by atoms with Crippen LogP contribution in [0.25, 0.3) is 0 Å². The molecule has 4 rings (SSSR count). The maximum absolute atomic E-state index is 4.88. The SMILES string of the molecule is C1=C(CSC2=N[C@@H]3CCCC[C@H]3N2)N2CCCCN=C2S1. The first-order valence-electron chi connectivity index (χ1n) is 8.05. The predicted octanol–water partition coefficient (Wildman–Crippen LogP) is 3.03. The summed E-state index contributed by atoms with van der Waals surface area (Å²) >= 11 is 3.66. The first kappa shape index (κ1) is 14.0. The van der Waals surface area contributed by atoms with Crippen molar-refractivity contribution in [2.75, 3.05) is 18.8 Å². The van der Waals surface area contributed by atoms with Crippen LogP contribution in [0.1, 0.15) is 38.5 Å². The highest BCUT2D eigenvalue weighted by Crippen LogP contribution is 2.32. The van der Waals surface area contributed by atoms with E-state index >= 15 is 0 Å². The van der Waals surface area contributed by atoms with Crippen LogP contribution in [-0.4, -0.2) is 46.2 Å². The molecule has 4 nitrogen and oxygen atoms in total. The Morgan fingerprint density at radius 3 is 3.19 bits per heavy atom. The minimum Gasteiger partial charge on any atom is -0.360 e. The number of hydrogen-bond acceptors (Lipinski definition) is 6. The molecule has 0 aromatic heterocycles. The molecule has 114 valence electrons. The number of fused-ring (bicyclic) bond motifs is 2. The molecule has 1 fully saturated rings. The lowest BCUT2D eigenvalue weighted by Gasteiger charge is -2.23. The highest BCUT2D eigenvalue weighted by Gasteiger charge is 2.31. The Labute approximate surface area is 134 Å². The lowest BCUT2D eigenvalue weighted by molar-refractivity contribution is 0.385. The fourth-order valence-electron chi connectivity index (χ4n) is 3.40. The van der Waals surface area contributed by atoms with Crippen LogP contribution < -0.4 is 5.32 Å². The second kappa shape index (κ2) is 6.24. The van der Waals surface area contributed by atoms with Crippen molar-refractivity contribution in [2.45, 2.75) is 50.6 Å². The molecule has 1 aliphatic carbocycles. The summed E-state index contributed by atoms with van der Waals surface area (Å²) in [7, 11) is 0. The number of thioether (sulfide) groups is 2. The zero-order valence-electron chi connectivity index (χ0n) is 12.3. The molecule has 1 N–H and O–H groups in total.